The van der Waals surface area contributed by atoms with Crippen LogP contribution in [-0.4, -0.2) is 24.7 Å². The van der Waals surface area contributed by atoms with Crippen LogP contribution < -0.4 is 4.90 Å². The molecule has 2 aromatic rings. The predicted molar refractivity (Wildman–Crippen MR) is 93.7 cm³/mol. The fraction of sp³-hybridized carbons (Fsp3) is 0.222. The summed E-state index contributed by atoms with van der Waals surface area (Å²) >= 11 is 0. The van der Waals surface area contributed by atoms with Crippen molar-refractivity contribution in [3.8, 4) is 0 Å². The molecule has 1 saturated heterocycles. The van der Waals surface area contributed by atoms with Gasteiger partial charge in [-0.3, -0.25) is 14.3 Å². The smallest absolute Gasteiger partial charge is 0.292 e. The molecule has 3 amide bonds. The number of urea groups is 1. The SMILES string of the molecule is C[Si](C)(C)N1C(=O)C(c2ccccc2)N(c2ccccc2)C1=O. The van der Waals surface area contributed by atoms with Gasteiger partial charge in [0.2, 0.25) is 0 Å². The number of hydrogen-bond acceptors (Lipinski definition) is 2. The summed E-state index contributed by atoms with van der Waals surface area (Å²) in [6.45, 7) is 6.04. The number of carbonyl (C=O) groups is 2. The quantitative estimate of drug-likeness (QED) is 0.632. The molecule has 3 rings (SSSR count). The zero-order chi connectivity index (χ0) is 16.6. The summed E-state index contributed by atoms with van der Waals surface area (Å²) in [4.78, 5) is 27.7. The summed E-state index contributed by atoms with van der Waals surface area (Å²) < 4.78 is 1.50. The molecule has 0 bridgehead atoms. The number of para-hydroxylation sites is 1. The molecule has 1 aliphatic heterocycles. The van der Waals surface area contributed by atoms with Gasteiger partial charge in [0, 0.05) is 5.69 Å². The normalized spacial score (nSPS) is 18.7. The van der Waals surface area contributed by atoms with Gasteiger partial charge in [-0.05, 0) is 17.7 Å². The highest BCUT2D eigenvalue weighted by atomic mass is 28.3. The Hall–Kier alpha value is -2.40. The second kappa shape index (κ2) is 5.66. The van der Waals surface area contributed by atoms with Crippen molar-refractivity contribution in [2.75, 3.05) is 4.90 Å². The lowest BCUT2D eigenvalue weighted by atomic mass is 10.1. The minimum atomic E-state index is -2.11. The average molecular weight is 324 g/mol. The first-order chi connectivity index (χ1) is 10.9. The van der Waals surface area contributed by atoms with Crippen LogP contribution >= 0.6 is 0 Å². The van der Waals surface area contributed by atoms with E-state index >= 15 is 0 Å². The van der Waals surface area contributed by atoms with Crippen LogP contribution in [0.2, 0.25) is 19.6 Å². The molecule has 0 spiro atoms. The number of imide groups is 1. The third-order valence-electron chi connectivity index (χ3n) is 3.93. The van der Waals surface area contributed by atoms with Gasteiger partial charge in [-0.1, -0.05) is 68.2 Å². The van der Waals surface area contributed by atoms with E-state index in [9.17, 15) is 9.59 Å². The van der Waals surface area contributed by atoms with Crippen molar-refractivity contribution >= 4 is 25.9 Å². The Bertz CT molecular complexity index is 668. The molecule has 1 fully saturated rings. The Morgan fingerprint density at radius 2 is 1.35 bits per heavy atom. The molecule has 0 radical (unpaired) electrons. The molecule has 118 valence electrons. The summed E-state index contributed by atoms with van der Waals surface area (Å²) in [6, 6.07) is 18.1. The minimum Gasteiger partial charge on any atom is -0.292 e. The van der Waals surface area contributed by atoms with Gasteiger partial charge in [-0.2, -0.15) is 0 Å². The summed E-state index contributed by atoms with van der Waals surface area (Å²) in [7, 11) is -2.11. The standard InChI is InChI=1S/C18H20N2O2Si/c1-23(2,3)20-17(21)16(14-10-6-4-7-11-14)19(18(20)22)15-12-8-5-9-13-15/h4-13,16H,1-3H3. The van der Waals surface area contributed by atoms with Crippen molar-refractivity contribution in [3.05, 3.63) is 66.2 Å². The van der Waals surface area contributed by atoms with Crippen molar-refractivity contribution in [1.82, 2.24) is 4.57 Å². The lowest BCUT2D eigenvalue weighted by Crippen LogP contribution is -2.50. The molecule has 1 heterocycles. The minimum absolute atomic E-state index is 0.121. The second-order valence-electron chi connectivity index (χ2n) is 6.65. The van der Waals surface area contributed by atoms with E-state index in [0.717, 1.165) is 11.3 Å². The highest BCUT2D eigenvalue weighted by molar-refractivity contribution is 6.78. The Morgan fingerprint density at radius 3 is 1.87 bits per heavy atom. The van der Waals surface area contributed by atoms with Crippen LogP contribution in [0.3, 0.4) is 0 Å². The fourth-order valence-electron chi connectivity index (χ4n) is 2.94. The van der Waals surface area contributed by atoms with E-state index in [-0.39, 0.29) is 11.9 Å². The van der Waals surface area contributed by atoms with Crippen LogP contribution in [0.4, 0.5) is 10.5 Å². The number of rotatable bonds is 3. The molecule has 4 nitrogen and oxygen atoms in total. The Labute approximate surface area is 137 Å². The van der Waals surface area contributed by atoms with Crippen molar-refractivity contribution < 1.29 is 9.59 Å². The van der Waals surface area contributed by atoms with Gasteiger partial charge in [-0.15, -0.1) is 0 Å². The molecule has 2 aromatic carbocycles. The van der Waals surface area contributed by atoms with E-state index in [4.69, 9.17) is 0 Å². The summed E-state index contributed by atoms with van der Waals surface area (Å²) in [5.74, 6) is -0.121. The van der Waals surface area contributed by atoms with Crippen molar-refractivity contribution in [1.29, 1.82) is 0 Å². The molecule has 0 saturated carbocycles. The van der Waals surface area contributed by atoms with Gasteiger partial charge in [0.05, 0.1) is 0 Å². The van der Waals surface area contributed by atoms with Crippen molar-refractivity contribution in [2.45, 2.75) is 25.7 Å². The molecule has 23 heavy (non-hydrogen) atoms. The second-order valence-corrected chi connectivity index (χ2v) is 11.4. The molecule has 0 N–H and O–H groups in total. The van der Waals surface area contributed by atoms with Gasteiger partial charge >= 0.3 is 6.03 Å². The Kier molecular flexibility index (Phi) is 3.81. The number of carbonyl (C=O) groups excluding carboxylic acids is 2. The lowest BCUT2D eigenvalue weighted by Gasteiger charge is -2.27. The molecule has 0 aliphatic carbocycles. The zero-order valence-electron chi connectivity index (χ0n) is 13.6. The van der Waals surface area contributed by atoms with E-state index < -0.39 is 14.3 Å². The highest BCUT2D eigenvalue weighted by Gasteiger charge is 2.50. The summed E-state index contributed by atoms with van der Waals surface area (Å²) in [5.41, 5.74) is 1.59. The van der Waals surface area contributed by atoms with E-state index in [1.165, 1.54) is 4.57 Å². The van der Waals surface area contributed by atoms with E-state index in [1.807, 2.05) is 80.3 Å². The van der Waals surface area contributed by atoms with Crippen LogP contribution in [0.15, 0.2) is 60.7 Å². The first kappa shape index (κ1) is 15.5. The van der Waals surface area contributed by atoms with Crippen LogP contribution in [0.5, 0.6) is 0 Å². The first-order valence-corrected chi connectivity index (χ1v) is 11.1. The number of amides is 3. The van der Waals surface area contributed by atoms with Gasteiger partial charge in [0.25, 0.3) is 5.91 Å². The highest BCUT2D eigenvalue weighted by Crippen LogP contribution is 2.37. The van der Waals surface area contributed by atoms with Gasteiger partial charge in [0.1, 0.15) is 6.04 Å². The van der Waals surface area contributed by atoms with Crippen molar-refractivity contribution in [2.24, 2.45) is 0 Å². The van der Waals surface area contributed by atoms with Gasteiger partial charge in [-0.25, -0.2) is 4.79 Å². The van der Waals surface area contributed by atoms with E-state index in [2.05, 4.69) is 0 Å². The van der Waals surface area contributed by atoms with Gasteiger partial charge in [0.15, 0.2) is 8.24 Å². The number of hydrogen-bond donors (Lipinski definition) is 0. The molecule has 5 heteroatoms. The predicted octanol–water partition coefficient (Wildman–Crippen LogP) is 4.03. The van der Waals surface area contributed by atoms with Crippen LogP contribution in [-0.2, 0) is 4.79 Å². The molecule has 1 atom stereocenters. The van der Waals surface area contributed by atoms with Crippen LogP contribution in [0, 0.1) is 0 Å². The maximum atomic E-state index is 13.0. The third kappa shape index (κ3) is 2.68. The average Bonchev–Trinajstić information content (AvgIpc) is 2.79. The van der Waals surface area contributed by atoms with Crippen LogP contribution in [0.25, 0.3) is 0 Å². The maximum absolute atomic E-state index is 13.0. The van der Waals surface area contributed by atoms with E-state index in [0.29, 0.717) is 0 Å². The Balaban J connectivity index is 2.14. The zero-order valence-corrected chi connectivity index (χ0v) is 14.6. The van der Waals surface area contributed by atoms with Gasteiger partial charge < -0.3 is 0 Å². The fourth-order valence-corrected chi connectivity index (χ4v) is 4.40. The van der Waals surface area contributed by atoms with Crippen LogP contribution in [0.1, 0.15) is 11.6 Å². The molecular formula is C18H20N2O2Si. The summed E-state index contributed by atoms with van der Waals surface area (Å²) in [5, 5.41) is 0. The first-order valence-electron chi connectivity index (χ1n) is 7.68. The molecule has 1 aliphatic rings. The lowest BCUT2D eigenvalue weighted by molar-refractivity contribution is -0.124. The van der Waals surface area contributed by atoms with Crippen molar-refractivity contribution in [3.63, 3.8) is 0 Å². The van der Waals surface area contributed by atoms with E-state index in [1.54, 1.807) is 4.90 Å². The molecule has 1 unspecified atom stereocenters. The largest absolute Gasteiger partial charge is 0.324 e. The number of benzene rings is 2. The molecular weight excluding hydrogens is 304 g/mol. The summed E-state index contributed by atoms with van der Waals surface area (Å²) in [6.07, 6.45) is 0. The third-order valence-corrected chi connectivity index (χ3v) is 5.68. The number of anilines is 1. The topological polar surface area (TPSA) is 40.6 Å². The Morgan fingerprint density at radius 1 is 0.826 bits per heavy atom. The monoisotopic (exact) mass is 324 g/mol. The number of nitrogens with zero attached hydrogens (tertiary/aromatic N) is 2. The molecule has 0 aromatic heterocycles. The maximum Gasteiger partial charge on any atom is 0.324 e.